The van der Waals surface area contributed by atoms with Crippen molar-refractivity contribution in [3.05, 3.63) is 40.4 Å². The Bertz CT molecular complexity index is 526. The Morgan fingerprint density at radius 3 is 2.60 bits per heavy atom. The fourth-order valence-electron chi connectivity index (χ4n) is 1.92. The number of hydrogen-bond acceptors (Lipinski definition) is 7. The van der Waals surface area contributed by atoms with Gasteiger partial charge in [-0.2, -0.15) is 0 Å². The lowest BCUT2D eigenvalue weighted by molar-refractivity contribution is -0.757. The van der Waals surface area contributed by atoms with Gasteiger partial charge in [-0.05, 0) is 18.6 Å². The quantitative estimate of drug-likeness (QED) is 0.220. The zero-order chi connectivity index (χ0) is 18.7. The van der Waals surface area contributed by atoms with E-state index in [1.54, 1.807) is 24.3 Å². The summed E-state index contributed by atoms with van der Waals surface area (Å²) in [4.78, 5) is 26.2. The normalized spacial score (nSPS) is 13.1. The Hall–Kier alpha value is -2.39. The Kier molecular flexibility index (Phi) is 9.26. The van der Waals surface area contributed by atoms with Crippen molar-refractivity contribution in [2.24, 2.45) is 0 Å². The van der Waals surface area contributed by atoms with Gasteiger partial charge in [0.15, 0.2) is 6.23 Å². The van der Waals surface area contributed by atoms with Crippen LogP contribution in [0.2, 0.25) is 0 Å². The lowest BCUT2D eigenvalue weighted by Gasteiger charge is -2.26. The molecule has 2 atom stereocenters. The second-order valence-corrected chi connectivity index (χ2v) is 5.71. The van der Waals surface area contributed by atoms with E-state index in [2.05, 4.69) is 15.5 Å². The monoisotopic (exact) mass is 355 g/mol. The number of rotatable bonds is 12. The molecule has 9 nitrogen and oxygen atoms in total. The summed E-state index contributed by atoms with van der Waals surface area (Å²) in [6.45, 7) is 3.95. The third-order valence-electron chi connectivity index (χ3n) is 3.14. The van der Waals surface area contributed by atoms with E-state index in [0.29, 0.717) is 5.75 Å². The molecule has 140 valence electrons. The minimum atomic E-state index is -0.971. The summed E-state index contributed by atoms with van der Waals surface area (Å²) in [5.74, 6) is 0.115. The van der Waals surface area contributed by atoms with Crippen molar-refractivity contribution >= 4 is 5.91 Å². The van der Waals surface area contributed by atoms with Crippen LogP contribution in [-0.4, -0.2) is 47.6 Å². The van der Waals surface area contributed by atoms with Gasteiger partial charge in [0.25, 0.3) is 5.09 Å². The smallest absolute Gasteiger partial charge is 0.294 e. The maximum absolute atomic E-state index is 12.0. The molecule has 0 heterocycles. The molecule has 0 aliphatic carbocycles. The van der Waals surface area contributed by atoms with Gasteiger partial charge >= 0.3 is 0 Å². The summed E-state index contributed by atoms with van der Waals surface area (Å²) < 4.78 is 5.66. The van der Waals surface area contributed by atoms with Gasteiger partial charge in [-0.15, -0.1) is 10.1 Å². The summed E-state index contributed by atoms with van der Waals surface area (Å²) in [5, 5.41) is 25.1. The lowest BCUT2D eigenvalue weighted by Crippen LogP contribution is -2.51. The molecule has 0 aliphatic rings. The first-order valence-corrected chi connectivity index (χ1v) is 8.08. The molecule has 0 spiro atoms. The van der Waals surface area contributed by atoms with Crippen LogP contribution in [-0.2, 0) is 9.63 Å². The van der Waals surface area contributed by atoms with E-state index in [1.807, 2.05) is 19.9 Å². The first kappa shape index (κ1) is 20.7. The standard InChI is InChI=1S/C16H25N3O6/c1-12(2)17-11-14(20)16(25-13-7-4-3-5-8-13)18-15(21)9-6-10-24-19(22)23/h3-5,7-8,12,14,16-17,20H,6,9-11H2,1-2H3,(H,18,21). The number of nitrogens with one attached hydrogen (secondary N) is 2. The van der Waals surface area contributed by atoms with Gasteiger partial charge in [0.05, 0.1) is 6.61 Å². The number of hydrogen-bond donors (Lipinski definition) is 3. The van der Waals surface area contributed by atoms with Crippen LogP contribution in [0, 0.1) is 10.1 Å². The average molecular weight is 355 g/mol. The summed E-state index contributed by atoms with van der Waals surface area (Å²) in [7, 11) is 0. The number of ether oxygens (including phenoxy) is 1. The number of amides is 1. The van der Waals surface area contributed by atoms with Crippen LogP contribution in [0.15, 0.2) is 30.3 Å². The number of aliphatic hydroxyl groups excluding tert-OH is 1. The maximum Gasteiger partial charge on any atom is 0.294 e. The highest BCUT2D eigenvalue weighted by molar-refractivity contribution is 5.76. The van der Waals surface area contributed by atoms with Gasteiger partial charge in [0.2, 0.25) is 5.91 Å². The van der Waals surface area contributed by atoms with Crippen molar-refractivity contribution in [3.8, 4) is 5.75 Å². The summed E-state index contributed by atoms with van der Waals surface area (Å²) in [6, 6.07) is 8.98. The first-order chi connectivity index (χ1) is 11.9. The minimum absolute atomic E-state index is 0.0207. The van der Waals surface area contributed by atoms with Crippen LogP contribution in [0.4, 0.5) is 0 Å². The van der Waals surface area contributed by atoms with Crippen LogP contribution in [0.3, 0.4) is 0 Å². The van der Waals surface area contributed by atoms with Gasteiger partial charge in [0.1, 0.15) is 11.9 Å². The molecule has 1 rings (SSSR count). The summed E-state index contributed by atoms with van der Waals surface area (Å²) in [6.07, 6.45) is -1.71. The highest BCUT2D eigenvalue weighted by Crippen LogP contribution is 2.12. The van der Waals surface area contributed by atoms with Crippen LogP contribution >= 0.6 is 0 Å². The van der Waals surface area contributed by atoms with E-state index in [1.165, 1.54) is 0 Å². The van der Waals surface area contributed by atoms with Crippen molar-refractivity contribution < 1.29 is 24.6 Å². The van der Waals surface area contributed by atoms with Gasteiger partial charge in [-0.3, -0.25) is 4.79 Å². The van der Waals surface area contributed by atoms with Crippen molar-refractivity contribution in [2.75, 3.05) is 13.2 Å². The van der Waals surface area contributed by atoms with Crippen molar-refractivity contribution in [1.82, 2.24) is 10.6 Å². The second-order valence-electron chi connectivity index (χ2n) is 5.71. The molecule has 0 saturated heterocycles. The number of para-hydroxylation sites is 1. The van der Waals surface area contributed by atoms with E-state index in [4.69, 9.17) is 4.74 Å². The van der Waals surface area contributed by atoms with Crippen LogP contribution in [0.1, 0.15) is 26.7 Å². The van der Waals surface area contributed by atoms with E-state index in [9.17, 15) is 20.0 Å². The minimum Gasteiger partial charge on any atom is -0.468 e. The average Bonchev–Trinajstić information content (AvgIpc) is 2.56. The zero-order valence-corrected chi connectivity index (χ0v) is 14.4. The highest BCUT2D eigenvalue weighted by atomic mass is 16.9. The Morgan fingerprint density at radius 1 is 1.32 bits per heavy atom. The molecule has 1 amide bonds. The third kappa shape index (κ3) is 9.48. The third-order valence-corrected chi connectivity index (χ3v) is 3.14. The Labute approximate surface area is 146 Å². The Morgan fingerprint density at radius 2 is 2.00 bits per heavy atom. The van der Waals surface area contributed by atoms with Gasteiger partial charge in [-0.1, -0.05) is 32.0 Å². The number of carbonyl (C=O) groups excluding carboxylic acids is 1. The zero-order valence-electron chi connectivity index (χ0n) is 14.4. The fraction of sp³-hybridized carbons (Fsp3) is 0.562. The number of carbonyl (C=O) groups is 1. The van der Waals surface area contributed by atoms with Crippen LogP contribution < -0.4 is 15.4 Å². The molecule has 0 bridgehead atoms. The fourth-order valence-corrected chi connectivity index (χ4v) is 1.92. The Balaban J connectivity index is 2.57. The molecular formula is C16H25N3O6. The summed E-state index contributed by atoms with van der Waals surface area (Å²) >= 11 is 0. The lowest BCUT2D eigenvalue weighted by atomic mass is 10.2. The molecule has 2 unspecified atom stereocenters. The van der Waals surface area contributed by atoms with Crippen molar-refractivity contribution in [1.29, 1.82) is 0 Å². The number of benzene rings is 1. The van der Waals surface area contributed by atoms with Crippen molar-refractivity contribution in [3.63, 3.8) is 0 Å². The SMILES string of the molecule is CC(C)NCC(O)C(NC(=O)CCCO[N+](=O)[O-])Oc1ccccc1. The van der Waals surface area contributed by atoms with E-state index >= 15 is 0 Å². The second kappa shape index (κ2) is 11.2. The summed E-state index contributed by atoms with van der Waals surface area (Å²) in [5.41, 5.74) is 0. The van der Waals surface area contributed by atoms with E-state index in [0.717, 1.165) is 0 Å². The van der Waals surface area contributed by atoms with Gasteiger partial charge in [0, 0.05) is 19.0 Å². The highest BCUT2D eigenvalue weighted by Gasteiger charge is 2.23. The first-order valence-electron chi connectivity index (χ1n) is 8.08. The van der Waals surface area contributed by atoms with Gasteiger partial charge in [-0.25, -0.2) is 0 Å². The molecular weight excluding hydrogens is 330 g/mol. The molecule has 9 heteroatoms. The number of nitrogens with zero attached hydrogens (tertiary/aromatic N) is 1. The molecule has 0 radical (unpaired) electrons. The molecule has 0 aromatic heterocycles. The molecule has 3 N–H and O–H groups in total. The van der Waals surface area contributed by atoms with Crippen LogP contribution in [0.25, 0.3) is 0 Å². The maximum atomic E-state index is 12.0. The van der Waals surface area contributed by atoms with Gasteiger partial charge < -0.3 is 25.3 Å². The van der Waals surface area contributed by atoms with Crippen LogP contribution in [0.5, 0.6) is 5.75 Å². The molecule has 25 heavy (non-hydrogen) atoms. The molecule has 0 saturated carbocycles. The number of aliphatic hydroxyl groups is 1. The molecule has 1 aromatic carbocycles. The topological polar surface area (TPSA) is 123 Å². The molecule has 1 aromatic rings. The predicted molar refractivity (Wildman–Crippen MR) is 90.3 cm³/mol. The predicted octanol–water partition coefficient (Wildman–Crippen LogP) is 0.855. The van der Waals surface area contributed by atoms with E-state index in [-0.39, 0.29) is 32.0 Å². The van der Waals surface area contributed by atoms with Crippen molar-refractivity contribution in [2.45, 2.75) is 45.1 Å². The molecule has 0 fully saturated rings. The molecule has 0 aliphatic heterocycles. The van der Waals surface area contributed by atoms with E-state index < -0.39 is 23.3 Å². The largest absolute Gasteiger partial charge is 0.468 e.